The van der Waals surface area contributed by atoms with Crippen LogP contribution in [-0.4, -0.2) is 67.0 Å². The molecule has 0 aliphatic carbocycles. The minimum absolute atomic E-state index is 0.143. The monoisotopic (exact) mass is 337 g/mol. The van der Waals surface area contributed by atoms with Crippen molar-refractivity contribution in [2.45, 2.75) is 6.92 Å². The van der Waals surface area contributed by atoms with Gasteiger partial charge < -0.3 is 19.9 Å². The van der Waals surface area contributed by atoms with Crippen molar-refractivity contribution in [3.05, 3.63) is 35.6 Å². The van der Waals surface area contributed by atoms with Gasteiger partial charge in [0.25, 0.3) is 5.91 Å². The van der Waals surface area contributed by atoms with Crippen LogP contribution in [0.2, 0.25) is 0 Å². The van der Waals surface area contributed by atoms with Gasteiger partial charge in [0.05, 0.1) is 13.2 Å². The topological polar surface area (TPSA) is 79.0 Å². The fraction of sp³-hybridized carbons (Fsp3) is 0.438. The number of piperazine rings is 1. The van der Waals surface area contributed by atoms with E-state index in [-0.39, 0.29) is 24.1 Å². The van der Waals surface area contributed by atoms with Crippen molar-refractivity contribution >= 4 is 17.9 Å². The van der Waals surface area contributed by atoms with Gasteiger partial charge in [-0.1, -0.05) is 0 Å². The lowest BCUT2D eigenvalue weighted by molar-refractivity contribution is -0.131. The summed E-state index contributed by atoms with van der Waals surface area (Å²) in [6.07, 6.45) is -0.380. The van der Waals surface area contributed by atoms with Gasteiger partial charge in [0.2, 0.25) is 5.91 Å². The Morgan fingerprint density at radius 3 is 2.25 bits per heavy atom. The van der Waals surface area contributed by atoms with Gasteiger partial charge >= 0.3 is 6.09 Å². The standard InChI is InChI=1S/C16H20FN3O4/c1-2-24-16(23)20-9-7-19(8-10-20)14(21)11-18-15(22)12-3-5-13(17)6-4-12/h3-6H,2,7-11H2,1H3,(H,18,22). The molecule has 0 bridgehead atoms. The quantitative estimate of drug-likeness (QED) is 0.884. The first kappa shape index (κ1) is 17.7. The molecular weight excluding hydrogens is 317 g/mol. The molecule has 1 saturated heterocycles. The molecule has 0 saturated carbocycles. The van der Waals surface area contributed by atoms with Gasteiger partial charge in [-0.2, -0.15) is 0 Å². The third-order valence-corrected chi connectivity index (χ3v) is 3.66. The maximum atomic E-state index is 12.8. The molecule has 1 aliphatic heterocycles. The Kier molecular flexibility index (Phi) is 6.11. The molecule has 0 radical (unpaired) electrons. The first-order chi connectivity index (χ1) is 11.5. The van der Waals surface area contributed by atoms with E-state index in [2.05, 4.69) is 5.32 Å². The van der Waals surface area contributed by atoms with Crippen LogP contribution in [0.3, 0.4) is 0 Å². The molecule has 1 aliphatic rings. The van der Waals surface area contributed by atoms with Crippen LogP contribution in [0.1, 0.15) is 17.3 Å². The van der Waals surface area contributed by atoms with E-state index in [1.165, 1.54) is 24.3 Å². The highest BCUT2D eigenvalue weighted by Gasteiger charge is 2.24. The van der Waals surface area contributed by atoms with Crippen LogP contribution >= 0.6 is 0 Å². The first-order valence-corrected chi connectivity index (χ1v) is 7.74. The molecule has 24 heavy (non-hydrogen) atoms. The third kappa shape index (κ3) is 4.68. The summed E-state index contributed by atoms with van der Waals surface area (Å²) in [6, 6.07) is 5.08. The molecule has 0 unspecified atom stereocenters. The second-order valence-electron chi connectivity index (χ2n) is 5.26. The molecule has 1 fully saturated rings. The Morgan fingerprint density at radius 1 is 1.08 bits per heavy atom. The first-order valence-electron chi connectivity index (χ1n) is 7.74. The number of hydrogen-bond acceptors (Lipinski definition) is 4. The summed E-state index contributed by atoms with van der Waals surface area (Å²) in [6.45, 7) is 3.49. The number of rotatable bonds is 4. The number of ether oxygens (including phenoxy) is 1. The zero-order valence-corrected chi connectivity index (χ0v) is 13.5. The summed E-state index contributed by atoms with van der Waals surface area (Å²) in [4.78, 5) is 38.7. The Morgan fingerprint density at radius 2 is 1.67 bits per heavy atom. The number of halogens is 1. The second-order valence-corrected chi connectivity index (χ2v) is 5.26. The molecule has 0 atom stereocenters. The molecule has 1 aromatic rings. The van der Waals surface area contributed by atoms with Crippen molar-refractivity contribution in [2.24, 2.45) is 0 Å². The third-order valence-electron chi connectivity index (χ3n) is 3.66. The smallest absolute Gasteiger partial charge is 0.409 e. The highest BCUT2D eigenvalue weighted by Crippen LogP contribution is 2.05. The van der Waals surface area contributed by atoms with Crippen LogP contribution < -0.4 is 5.32 Å². The van der Waals surface area contributed by atoms with Gasteiger partial charge in [-0.15, -0.1) is 0 Å². The van der Waals surface area contributed by atoms with Crippen molar-refractivity contribution in [3.8, 4) is 0 Å². The Hall–Kier alpha value is -2.64. The van der Waals surface area contributed by atoms with E-state index in [9.17, 15) is 18.8 Å². The van der Waals surface area contributed by atoms with Crippen LogP contribution in [0.5, 0.6) is 0 Å². The van der Waals surface area contributed by atoms with E-state index < -0.39 is 11.7 Å². The van der Waals surface area contributed by atoms with Crippen LogP contribution in [0.25, 0.3) is 0 Å². The minimum Gasteiger partial charge on any atom is -0.450 e. The molecule has 130 valence electrons. The van der Waals surface area contributed by atoms with Crippen molar-refractivity contribution in [1.82, 2.24) is 15.1 Å². The molecule has 2 rings (SSSR count). The van der Waals surface area contributed by atoms with Crippen LogP contribution in [0.4, 0.5) is 9.18 Å². The lowest BCUT2D eigenvalue weighted by Gasteiger charge is -2.34. The summed E-state index contributed by atoms with van der Waals surface area (Å²) in [5, 5.41) is 2.51. The zero-order valence-electron chi connectivity index (χ0n) is 13.5. The highest BCUT2D eigenvalue weighted by molar-refractivity contribution is 5.96. The van der Waals surface area contributed by atoms with E-state index in [0.717, 1.165) is 0 Å². The van der Waals surface area contributed by atoms with Gasteiger partial charge in [0, 0.05) is 31.7 Å². The number of amides is 3. The number of nitrogens with zero attached hydrogens (tertiary/aromatic N) is 2. The summed E-state index contributed by atoms with van der Waals surface area (Å²) in [5.41, 5.74) is 0.288. The maximum absolute atomic E-state index is 12.8. The van der Waals surface area contributed by atoms with Crippen molar-refractivity contribution in [2.75, 3.05) is 39.3 Å². The second kappa shape index (κ2) is 8.28. The molecule has 0 spiro atoms. The van der Waals surface area contributed by atoms with E-state index in [1.54, 1.807) is 16.7 Å². The summed E-state index contributed by atoms with van der Waals surface area (Å²) >= 11 is 0. The Bertz CT molecular complexity index is 598. The van der Waals surface area contributed by atoms with Gasteiger partial charge in [0.15, 0.2) is 0 Å². The van der Waals surface area contributed by atoms with E-state index in [4.69, 9.17) is 4.74 Å². The maximum Gasteiger partial charge on any atom is 0.409 e. The lowest BCUT2D eigenvalue weighted by atomic mass is 10.2. The SMILES string of the molecule is CCOC(=O)N1CCN(C(=O)CNC(=O)c2ccc(F)cc2)CC1. The molecular formula is C16H20FN3O4. The predicted octanol–water partition coefficient (Wildman–Crippen LogP) is 0.856. The average molecular weight is 337 g/mol. The van der Waals surface area contributed by atoms with Crippen molar-refractivity contribution < 1.29 is 23.5 Å². The summed E-state index contributed by atoms with van der Waals surface area (Å²) in [7, 11) is 0. The molecule has 1 aromatic carbocycles. The molecule has 7 nitrogen and oxygen atoms in total. The number of nitrogens with one attached hydrogen (secondary N) is 1. The van der Waals surface area contributed by atoms with E-state index in [1.807, 2.05) is 0 Å². The highest BCUT2D eigenvalue weighted by atomic mass is 19.1. The van der Waals surface area contributed by atoms with Gasteiger partial charge in [-0.3, -0.25) is 9.59 Å². The van der Waals surface area contributed by atoms with E-state index >= 15 is 0 Å². The van der Waals surface area contributed by atoms with Gasteiger partial charge in [-0.25, -0.2) is 9.18 Å². The zero-order chi connectivity index (χ0) is 17.5. The average Bonchev–Trinajstić information content (AvgIpc) is 2.60. The van der Waals surface area contributed by atoms with Crippen LogP contribution in [0.15, 0.2) is 24.3 Å². The number of carbonyl (C=O) groups is 3. The molecule has 0 aromatic heterocycles. The molecule has 8 heteroatoms. The molecule has 1 heterocycles. The number of benzene rings is 1. The van der Waals surface area contributed by atoms with E-state index in [0.29, 0.717) is 32.8 Å². The summed E-state index contributed by atoms with van der Waals surface area (Å²) < 4.78 is 17.7. The van der Waals surface area contributed by atoms with Gasteiger partial charge in [-0.05, 0) is 31.2 Å². The number of carbonyl (C=O) groups excluding carboxylic acids is 3. The Labute approximate surface area is 139 Å². The van der Waals surface area contributed by atoms with Crippen LogP contribution in [0, 0.1) is 5.82 Å². The fourth-order valence-corrected chi connectivity index (χ4v) is 2.32. The lowest BCUT2D eigenvalue weighted by Crippen LogP contribution is -2.52. The minimum atomic E-state index is -0.437. The normalized spacial score (nSPS) is 14.2. The van der Waals surface area contributed by atoms with Crippen LogP contribution in [-0.2, 0) is 9.53 Å². The van der Waals surface area contributed by atoms with Gasteiger partial charge in [0.1, 0.15) is 5.82 Å². The Balaban J connectivity index is 1.76. The van der Waals surface area contributed by atoms with Crippen molar-refractivity contribution in [3.63, 3.8) is 0 Å². The predicted molar refractivity (Wildman–Crippen MR) is 83.9 cm³/mol. The summed E-state index contributed by atoms with van der Waals surface area (Å²) in [5.74, 6) is -1.09. The van der Waals surface area contributed by atoms with Crippen molar-refractivity contribution in [1.29, 1.82) is 0 Å². The molecule has 3 amide bonds. The number of hydrogen-bond donors (Lipinski definition) is 1. The molecule has 1 N–H and O–H groups in total. The largest absolute Gasteiger partial charge is 0.450 e. The fourth-order valence-electron chi connectivity index (χ4n) is 2.32.